The standard InChI is InChI=1S/C16H18FNO/c17-15-9-14(10-16(18)11-15)12-19-8-4-7-13-5-2-1-3-6-13/h1-3,5-6,9-11H,4,7-8,12,18H2. The van der Waals surface area contributed by atoms with Gasteiger partial charge in [-0.3, -0.25) is 0 Å². The fourth-order valence-corrected chi connectivity index (χ4v) is 1.97. The van der Waals surface area contributed by atoms with Crippen LogP contribution in [-0.4, -0.2) is 6.61 Å². The van der Waals surface area contributed by atoms with Crippen molar-refractivity contribution in [1.29, 1.82) is 0 Å². The molecular weight excluding hydrogens is 241 g/mol. The van der Waals surface area contributed by atoms with Crippen LogP contribution in [0.2, 0.25) is 0 Å². The maximum atomic E-state index is 13.1. The van der Waals surface area contributed by atoms with E-state index in [2.05, 4.69) is 12.1 Å². The summed E-state index contributed by atoms with van der Waals surface area (Å²) in [5.74, 6) is -0.317. The van der Waals surface area contributed by atoms with E-state index in [-0.39, 0.29) is 5.82 Å². The third kappa shape index (κ3) is 4.72. The minimum absolute atomic E-state index is 0.317. The van der Waals surface area contributed by atoms with Gasteiger partial charge in [0.25, 0.3) is 0 Å². The Labute approximate surface area is 113 Å². The molecule has 19 heavy (non-hydrogen) atoms. The van der Waals surface area contributed by atoms with Crippen molar-refractivity contribution in [2.24, 2.45) is 0 Å². The molecule has 0 heterocycles. The Morgan fingerprint density at radius 2 is 1.79 bits per heavy atom. The van der Waals surface area contributed by atoms with Gasteiger partial charge in [0.2, 0.25) is 0 Å². The largest absolute Gasteiger partial charge is 0.399 e. The van der Waals surface area contributed by atoms with Crippen LogP contribution in [0.15, 0.2) is 48.5 Å². The van der Waals surface area contributed by atoms with Gasteiger partial charge in [0.1, 0.15) is 5.82 Å². The van der Waals surface area contributed by atoms with Gasteiger partial charge in [-0.1, -0.05) is 30.3 Å². The van der Waals surface area contributed by atoms with Gasteiger partial charge in [-0.05, 0) is 42.2 Å². The Morgan fingerprint density at radius 3 is 2.53 bits per heavy atom. The van der Waals surface area contributed by atoms with Gasteiger partial charge >= 0.3 is 0 Å². The van der Waals surface area contributed by atoms with Crippen LogP contribution < -0.4 is 5.73 Å². The van der Waals surface area contributed by atoms with Gasteiger partial charge in [-0.15, -0.1) is 0 Å². The van der Waals surface area contributed by atoms with Crippen LogP contribution in [-0.2, 0) is 17.8 Å². The average Bonchev–Trinajstić information content (AvgIpc) is 2.38. The first-order valence-corrected chi connectivity index (χ1v) is 6.40. The van der Waals surface area contributed by atoms with E-state index in [9.17, 15) is 4.39 Å². The van der Waals surface area contributed by atoms with Gasteiger partial charge in [0.15, 0.2) is 0 Å². The van der Waals surface area contributed by atoms with Crippen molar-refractivity contribution < 1.29 is 9.13 Å². The first-order valence-electron chi connectivity index (χ1n) is 6.40. The predicted molar refractivity (Wildman–Crippen MR) is 75.2 cm³/mol. The second-order valence-electron chi connectivity index (χ2n) is 4.53. The van der Waals surface area contributed by atoms with Gasteiger partial charge < -0.3 is 10.5 Å². The predicted octanol–water partition coefficient (Wildman–Crippen LogP) is 3.56. The van der Waals surface area contributed by atoms with E-state index >= 15 is 0 Å². The lowest BCUT2D eigenvalue weighted by atomic mass is 10.1. The number of anilines is 1. The summed E-state index contributed by atoms with van der Waals surface area (Å²) in [7, 11) is 0. The molecule has 2 aromatic carbocycles. The topological polar surface area (TPSA) is 35.2 Å². The molecular formula is C16H18FNO. The molecule has 0 aromatic heterocycles. The molecule has 100 valence electrons. The van der Waals surface area contributed by atoms with Crippen molar-refractivity contribution in [3.05, 3.63) is 65.5 Å². The second kappa shape index (κ2) is 6.90. The molecule has 2 N–H and O–H groups in total. The highest BCUT2D eigenvalue weighted by molar-refractivity contribution is 5.41. The minimum Gasteiger partial charge on any atom is -0.399 e. The summed E-state index contributed by atoms with van der Waals surface area (Å²) in [6, 6.07) is 14.8. The van der Waals surface area contributed by atoms with E-state index in [0.717, 1.165) is 18.4 Å². The van der Waals surface area contributed by atoms with Gasteiger partial charge in [0, 0.05) is 12.3 Å². The van der Waals surface area contributed by atoms with Crippen LogP contribution in [0.4, 0.5) is 10.1 Å². The summed E-state index contributed by atoms with van der Waals surface area (Å²) in [4.78, 5) is 0. The summed E-state index contributed by atoms with van der Waals surface area (Å²) in [6.45, 7) is 1.06. The quantitative estimate of drug-likeness (QED) is 0.636. The lowest BCUT2D eigenvalue weighted by molar-refractivity contribution is 0.118. The van der Waals surface area contributed by atoms with E-state index in [1.807, 2.05) is 18.2 Å². The van der Waals surface area contributed by atoms with Crippen molar-refractivity contribution in [3.63, 3.8) is 0 Å². The lowest BCUT2D eigenvalue weighted by Gasteiger charge is -2.06. The van der Waals surface area contributed by atoms with E-state index in [1.165, 1.54) is 17.7 Å². The molecule has 0 amide bonds. The molecule has 0 saturated heterocycles. The number of aryl methyl sites for hydroxylation is 1. The number of halogens is 1. The molecule has 0 spiro atoms. The Kier molecular flexibility index (Phi) is 4.93. The third-order valence-electron chi connectivity index (χ3n) is 2.85. The van der Waals surface area contributed by atoms with Crippen molar-refractivity contribution in [3.8, 4) is 0 Å². The number of nitrogens with two attached hydrogens (primary N) is 1. The Morgan fingerprint density at radius 1 is 1.00 bits per heavy atom. The Bertz CT molecular complexity index is 493. The molecule has 0 atom stereocenters. The van der Waals surface area contributed by atoms with E-state index in [4.69, 9.17) is 10.5 Å². The number of nitrogen functional groups attached to an aromatic ring is 1. The maximum Gasteiger partial charge on any atom is 0.125 e. The lowest BCUT2D eigenvalue weighted by Crippen LogP contribution is -1.99. The normalized spacial score (nSPS) is 10.6. The van der Waals surface area contributed by atoms with E-state index in [1.54, 1.807) is 6.07 Å². The Balaban J connectivity index is 1.69. The van der Waals surface area contributed by atoms with E-state index < -0.39 is 0 Å². The SMILES string of the molecule is Nc1cc(F)cc(COCCCc2ccccc2)c1. The summed E-state index contributed by atoms with van der Waals surface area (Å²) in [6.07, 6.45) is 1.95. The highest BCUT2D eigenvalue weighted by Crippen LogP contribution is 2.12. The van der Waals surface area contributed by atoms with Crippen LogP contribution in [0.5, 0.6) is 0 Å². The molecule has 0 radical (unpaired) electrons. The summed E-state index contributed by atoms with van der Waals surface area (Å²) >= 11 is 0. The summed E-state index contributed by atoms with van der Waals surface area (Å²) < 4.78 is 18.6. The molecule has 0 aliphatic heterocycles. The van der Waals surface area contributed by atoms with Crippen LogP contribution in [0.3, 0.4) is 0 Å². The summed E-state index contributed by atoms with van der Waals surface area (Å²) in [5, 5.41) is 0. The fourth-order valence-electron chi connectivity index (χ4n) is 1.97. The number of hydrogen-bond acceptors (Lipinski definition) is 2. The molecule has 0 saturated carbocycles. The molecule has 0 fully saturated rings. The fraction of sp³-hybridized carbons (Fsp3) is 0.250. The number of benzene rings is 2. The molecule has 2 nitrogen and oxygen atoms in total. The van der Waals surface area contributed by atoms with Crippen LogP contribution in [0.25, 0.3) is 0 Å². The molecule has 3 heteroatoms. The van der Waals surface area contributed by atoms with Gasteiger partial charge in [-0.25, -0.2) is 4.39 Å². The Hall–Kier alpha value is -1.87. The van der Waals surface area contributed by atoms with Crippen LogP contribution in [0.1, 0.15) is 17.5 Å². The zero-order valence-corrected chi connectivity index (χ0v) is 10.8. The van der Waals surface area contributed by atoms with Gasteiger partial charge in [-0.2, -0.15) is 0 Å². The highest BCUT2D eigenvalue weighted by atomic mass is 19.1. The van der Waals surface area contributed by atoms with Crippen molar-refractivity contribution in [1.82, 2.24) is 0 Å². The first-order chi connectivity index (χ1) is 9.24. The minimum atomic E-state index is -0.317. The van der Waals surface area contributed by atoms with Crippen LogP contribution >= 0.6 is 0 Å². The first kappa shape index (κ1) is 13.6. The monoisotopic (exact) mass is 259 g/mol. The van der Waals surface area contributed by atoms with Gasteiger partial charge in [0.05, 0.1) is 6.61 Å². The maximum absolute atomic E-state index is 13.1. The molecule has 2 aromatic rings. The summed E-state index contributed by atoms with van der Waals surface area (Å²) in [5.41, 5.74) is 8.09. The molecule has 0 aliphatic carbocycles. The molecule has 0 bridgehead atoms. The highest BCUT2D eigenvalue weighted by Gasteiger charge is 1.99. The van der Waals surface area contributed by atoms with Crippen LogP contribution in [0, 0.1) is 5.82 Å². The average molecular weight is 259 g/mol. The number of rotatable bonds is 6. The second-order valence-corrected chi connectivity index (χ2v) is 4.53. The number of ether oxygens (including phenoxy) is 1. The number of hydrogen-bond donors (Lipinski definition) is 1. The van der Waals surface area contributed by atoms with Crippen molar-refractivity contribution in [2.45, 2.75) is 19.4 Å². The zero-order chi connectivity index (χ0) is 13.5. The third-order valence-corrected chi connectivity index (χ3v) is 2.85. The van der Waals surface area contributed by atoms with E-state index in [0.29, 0.717) is 18.9 Å². The molecule has 2 rings (SSSR count). The zero-order valence-electron chi connectivity index (χ0n) is 10.8. The smallest absolute Gasteiger partial charge is 0.125 e. The molecule has 0 unspecified atom stereocenters. The van der Waals surface area contributed by atoms with Crippen molar-refractivity contribution in [2.75, 3.05) is 12.3 Å². The van der Waals surface area contributed by atoms with Crippen molar-refractivity contribution >= 4 is 5.69 Å². The molecule has 0 aliphatic rings.